The molecule has 8 heteroatoms. The van der Waals surface area contributed by atoms with Crippen LogP contribution in [0.1, 0.15) is 11.1 Å². The smallest absolute Gasteiger partial charge is 0.296 e. The van der Waals surface area contributed by atoms with Crippen molar-refractivity contribution >= 4 is 44.6 Å². The lowest BCUT2D eigenvalue weighted by molar-refractivity contribution is -0.673. The van der Waals surface area contributed by atoms with Crippen LogP contribution in [0, 0.1) is 0 Å². The van der Waals surface area contributed by atoms with E-state index < -0.39 is 13.0 Å². The molecule has 0 bridgehead atoms. The highest BCUT2D eigenvalue weighted by Crippen LogP contribution is 2.38. The van der Waals surface area contributed by atoms with Crippen LogP contribution in [0.25, 0.3) is 0 Å². The molecular formula is C10H11Cl4NO2S. The van der Waals surface area contributed by atoms with E-state index in [-0.39, 0.29) is 17.3 Å². The Bertz CT molecular complexity index is 539. The zero-order valence-electron chi connectivity index (χ0n) is 9.17. The molecule has 0 spiro atoms. The highest BCUT2D eigenvalue weighted by molar-refractivity contribution is 7.97. The fourth-order valence-electron chi connectivity index (χ4n) is 1.85. The van der Waals surface area contributed by atoms with Gasteiger partial charge >= 0.3 is 0 Å². The molecule has 0 amide bonds. The van der Waals surface area contributed by atoms with Gasteiger partial charge in [0, 0.05) is 12.0 Å². The number of hydrogen-bond donors (Lipinski definition) is 1. The van der Waals surface area contributed by atoms with Gasteiger partial charge in [-0.1, -0.05) is 40.9 Å². The van der Waals surface area contributed by atoms with Gasteiger partial charge in [-0.05, 0) is 17.7 Å². The first-order valence-electron chi connectivity index (χ1n) is 5.07. The Balaban J connectivity index is 0.00000162. The summed E-state index contributed by atoms with van der Waals surface area (Å²) in [5, 5.41) is 2.12. The number of quaternary nitrogens is 1. The molecule has 1 aromatic rings. The standard InChI is InChI=1S/C10H10Cl3NO2S.ClH/c11-10(12,13)17(15,16)9-2-1-7-3-4-14-6-8(7)5-9;/h1-2,5,14H,3-4,6H2;1H. The zero-order valence-corrected chi connectivity index (χ0v) is 13.0. The van der Waals surface area contributed by atoms with Crippen molar-refractivity contribution in [3.05, 3.63) is 29.3 Å². The Hall–Kier alpha value is 0.290. The molecule has 1 aliphatic rings. The molecule has 0 aliphatic carbocycles. The number of nitrogens with two attached hydrogens (primary N) is 1. The van der Waals surface area contributed by atoms with E-state index in [4.69, 9.17) is 34.8 Å². The number of hydrogen-bond acceptors (Lipinski definition) is 2. The van der Waals surface area contributed by atoms with Gasteiger partial charge in [-0.25, -0.2) is 8.42 Å². The minimum absolute atomic E-state index is 0. The second kappa shape index (κ2) is 5.73. The first-order valence-corrected chi connectivity index (χ1v) is 7.69. The predicted molar refractivity (Wildman–Crippen MR) is 68.1 cm³/mol. The molecule has 0 fully saturated rings. The summed E-state index contributed by atoms with van der Waals surface area (Å²) in [5.74, 6) is 0. The fraction of sp³-hybridized carbons (Fsp3) is 0.400. The predicted octanol–water partition coefficient (Wildman–Crippen LogP) is -1.59. The summed E-state index contributed by atoms with van der Waals surface area (Å²) in [7, 11) is -3.93. The van der Waals surface area contributed by atoms with Gasteiger partial charge < -0.3 is 17.7 Å². The average Bonchev–Trinajstić information content (AvgIpc) is 2.27. The van der Waals surface area contributed by atoms with E-state index >= 15 is 0 Å². The normalized spacial score (nSPS) is 15.7. The van der Waals surface area contributed by atoms with E-state index in [0.29, 0.717) is 0 Å². The van der Waals surface area contributed by atoms with Crippen LogP contribution in [0.5, 0.6) is 0 Å². The minimum atomic E-state index is -3.93. The third kappa shape index (κ3) is 3.06. The molecular weight excluding hydrogens is 340 g/mol. The van der Waals surface area contributed by atoms with Crippen LogP contribution in [0.3, 0.4) is 0 Å². The highest BCUT2D eigenvalue weighted by atomic mass is 35.6. The van der Waals surface area contributed by atoms with E-state index in [9.17, 15) is 8.42 Å². The molecule has 2 N–H and O–H groups in total. The average molecular weight is 351 g/mol. The van der Waals surface area contributed by atoms with E-state index in [0.717, 1.165) is 30.6 Å². The van der Waals surface area contributed by atoms with E-state index in [1.165, 1.54) is 6.07 Å². The Labute approximate surface area is 127 Å². The zero-order chi connectivity index (χ0) is 12.7. The summed E-state index contributed by atoms with van der Waals surface area (Å²) in [6.45, 7) is 1.78. The van der Waals surface area contributed by atoms with Crippen LogP contribution in [-0.2, 0) is 22.8 Å². The molecule has 3 nitrogen and oxygen atoms in total. The van der Waals surface area contributed by atoms with Gasteiger partial charge in [0.25, 0.3) is 3.12 Å². The molecule has 0 unspecified atom stereocenters. The summed E-state index contributed by atoms with van der Waals surface area (Å²) in [5.41, 5.74) is 2.15. The quantitative estimate of drug-likeness (QED) is 0.621. The lowest BCUT2D eigenvalue weighted by Crippen LogP contribution is -3.00. The van der Waals surface area contributed by atoms with E-state index in [1.54, 1.807) is 12.1 Å². The number of halogens is 4. The fourth-order valence-corrected chi connectivity index (χ4v) is 3.47. The third-order valence-electron chi connectivity index (χ3n) is 2.77. The Morgan fingerprint density at radius 2 is 1.83 bits per heavy atom. The third-order valence-corrected chi connectivity index (χ3v) is 6.09. The van der Waals surface area contributed by atoms with Gasteiger partial charge in [0.2, 0.25) is 9.84 Å². The Kier molecular flexibility index (Phi) is 5.21. The van der Waals surface area contributed by atoms with Crippen molar-refractivity contribution in [2.24, 2.45) is 0 Å². The second-order valence-electron chi connectivity index (χ2n) is 3.91. The lowest BCUT2D eigenvalue weighted by atomic mass is 10.0. The van der Waals surface area contributed by atoms with Crippen LogP contribution >= 0.6 is 34.8 Å². The second-order valence-corrected chi connectivity index (χ2v) is 8.96. The molecule has 102 valence electrons. The Morgan fingerprint density at radius 1 is 1.17 bits per heavy atom. The van der Waals surface area contributed by atoms with Crippen LogP contribution in [0.4, 0.5) is 0 Å². The molecule has 1 aliphatic heterocycles. The van der Waals surface area contributed by atoms with Crippen LogP contribution < -0.4 is 17.7 Å². The Morgan fingerprint density at radius 3 is 2.44 bits per heavy atom. The summed E-state index contributed by atoms with van der Waals surface area (Å²) in [6, 6.07) is 4.90. The van der Waals surface area contributed by atoms with Gasteiger partial charge in [-0.2, -0.15) is 0 Å². The highest BCUT2D eigenvalue weighted by Gasteiger charge is 2.39. The largest absolute Gasteiger partial charge is 1.00 e. The maximum atomic E-state index is 11.9. The summed E-state index contributed by atoms with van der Waals surface area (Å²) in [6.07, 6.45) is 0.934. The molecule has 1 aromatic carbocycles. The SMILES string of the molecule is O=S(=O)(c1ccc2c(c1)C[NH2+]CC2)C(Cl)(Cl)Cl.[Cl-]. The van der Waals surface area contributed by atoms with Crippen LogP contribution in [-0.4, -0.2) is 18.1 Å². The number of fused-ring (bicyclic) bond motifs is 1. The van der Waals surface area contributed by atoms with Gasteiger partial charge in [0.1, 0.15) is 6.54 Å². The lowest BCUT2D eigenvalue weighted by Gasteiger charge is -2.17. The van der Waals surface area contributed by atoms with Crippen molar-refractivity contribution < 1.29 is 26.1 Å². The van der Waals surface area contributed by atoms with Crippen molar-refractivity contribution in [2.45, 2.75) is 21.0 Å². The molecule has 0 atom stereocenters. The van der Waals surface area contributed by atoms with Crippen molar-refractivity contribution in [1.29, 1.82) is 0 Å². The summed E-state index contributed by atoms with van der Waals surface area (Å²) in [4.78, 5) is 0.0616. The molecule has 0 saturated heterocycles. The number of benzene rings is 1. The van der Waals surface area contributed by atoms with Crippen LogP contribution in [0.15, 0.2) is 23.1 Å². The molecule has 0 aromatic heterocycles. The number of rotatable bonds is 1. The van der Waals surface area contributed by atoms with E-state index in [2.05, 4.69) is 5.32 Å². The summed E-state index contributed by atoms with van der Waals surface area (Å²) >= 11 is 16.4. The maximum absolute atomic E-state index is 11.9. The van der Waals surface area contributed by atoms with Gasteiger partial charge in [-0.15, -0.1) is 0 Å². The topological polar surface area (TPSA) is 50.8 Å². The monoisotopic (exact) mass is 349 g/mol. The first kappa shape index (κ1) is 16.3. The molecule has 0 saturated carbocycles. The van der Waals surface area contributed by atoms with Gasteiger partial charge in [0.05, 0.1) is 11.4 Å². The van der Waals surface area contributed by atoms with Crippen molar-refractivity contribution in [3.8, 4) is 0 Å². The number of alkyl halides is 3. The molecule has 1 heterocycles. The molecule has 2 rings (SSSR count). The van der Waals surface area contributed by atoms with Crippen molar-refractivity contribution in [2.75, 3.05) is 6.54 Å². The molecule has 18 heavy (non-hydrogen) atoms. The van der Waals surface area contributed by atoms with E-state index in [1.807, 2.05) is 0 Å². The van der Waals surface area contributed by atoms with Gasteiger partial charge in [0.15, 0.2) is 0 Å². The minimum Gasteiger partial charge on any atom is -1.00 e. The molecule has 0 radical (unpaired) electrons. The van der Waals surface area contributed by atoms with Crippen molar-refractivity contribution in [1.82, 2.24) is 0 Å². The first-order chi connectivity index (χ1) is 7.82. The van der Waals surface area contributed by atoms with Gasteiger partial charge in [-0.3, -0.25) is 0 Å². The van der Waals surface area contributed by atoms with Crippen molar-refractivity contribution in [3.63, 3.8) is 0 Å². The maximum Gasteiger partial charge on any atom is 0.296 e. The van der Waals surface area contributed by atoms with Crippen LogP contribution in [0.2, 0.25) is 0 Å². The number of sulfone groups is 1. The summed E-state index contributed by atoms with van der Waals surface area (Å²) < 4.78 is 21.5.